The summed E-state index contributed by atoms with van der Waals surface area (Å²) in [5.41, 5.74) is 4.06. The highest BCUT2D eigenvalue weighted by molar-refractivity contribution is 7.98. The number of benzene rings is 1. The topological polar surface area (TPSA) is 57.6 Å². The van der Waals surface area contributed by atoms with Crippen molar-refractivity contribution in [2.75, 3.05) is 12.0 Å². The van der Waals surface area contributed by atoms with E-state index in [0.29, 0.717) is 12.6 Å². The summed E-state index contributed by atoms with van der Waals surface area (Å²) in [6.07, 6.45) is 10.2. The summed E-state index contributed by atoms with van der Waals surface area (Å²) in [5, 5.41) is 0. The Balaban J connectivity index is 1.61. The first-order valence-corrected chi connectivity index (χ1v) is 11.6. The number of para-hydroxylation sites is 2. The predicted octanol–water partition coefficient (Wildman–Crippen LogP) is 4.07. The van der Waals surface area contributed by atoms with E-state index in [1.807, 2.05) is 45.3 Å². The van der Waals surface area contributed by atoms with Gasteiger partial charge in [0.25, 0.3) is 0 Å². The minimum Gasteiger partial charge on any atom is -0.326 e. The molecule has 6 nitrogen and oxygen atoms in total. The second-order valence-corrected chi connectivity index (χ2v) is 8.69. The Labute approximate surface area is 173 Å². The van der Waals surface area contributed by atoms with Gasteiger partial charge in [0.15, 0.2) is 0 Å². The monoisotopic (exact) mass is 407 g/mol. The molecular formula is C22H25N5OS. The molecule has 29 heavy (non-hydrogen) atoms. The molecule has 0 N–H and O–H groups in total. The van der Waals surface area contributed by atoms with Gasteiger partial charge in [0.05, 0.1) is 34.8 Å². The van der Waals surface area contributed by atoms with Gasteiger partial charge in [0.1, 0.15) is 5.82 Å². The fourth-order valence-corrected chi connectivity index (χ4v) is 4.70. The summed E-state index contributed by atoms with van der Waals surface area (Å²) in [4.78, 5) is 22.6. The first-order chi connectivity index (χ1) is 14.3. The molecule has 1 saturated carbocycles. The fourth-order valence-electron chi connectivity index (χ4n) is 4.28. The molecule has 1 aromatic carbocycles. The van der Waals surface area contributed by atoms with E-state index in [0.717, 1.165) is 59.5 Å². The smallest absolute Gasteiger partial charge is 0.326 e. The zero-order valence-corrected chi connectivity index (χ0v) is 17.4. The number of hydrogen-bond donors (Lipinski definition) is 0. The number of aromatic nitrogens is 5. The maximum Gasteiger partial charge on any atom is 0.329 e. The standard InChI is InChI=1S/C22H25N5OS/c1-29-13-5-12-25-18-9-3-2-8-17(18)24-21(25)15-26-20-14-23-11-10-19(20)27(22(26)28)16-6-4-7-16/h2-3,8-11,14,16H,4-7,12-13,15H2,1H3. The normalized spacial score (nSPS) is 14.7. The van der Waals surface area contributed by atoms with Crippen LogP contribution in [0, 0.1) is 0 Å². The van der Waals surface area contributed by atoms with Crippen LogP contribution in [0.25, 0.3) is 22.1 Å². The second kappa shape index (κ2) is 7.71. The molecule has 0 unspecified atom stereocenters. The molecule has 1 aliphatic rings. The summed E-state index contributed by atoms with van der Waals surface area (Å²) in [6.45, 7) is 1.37. The van der Waals surface area contributed by atoms with Crippen LogP contribution in [0.2, 0.25) is 0 Å². The Morgan fingerprint density at radius 2 is 1.97 bits per heavy atom. The molecule has 1 fully saturated rings. The minimum atomic E-state index is 0.0559. The van der Waals surface area contributed by atoms with Crippen LogP contribution in [-0.4, -0.2) is 35.7 Å². The van der Waals surface area contributed by atoms with Gasteiger partial charge in [0.2, 0.25) is 0 Å². The molecule has 0 aliphatic heterocycles. The molecule has 1 aliphatic carbocycles. The van der Waals surface area contributed by atoms with Gasteiger partial charge in [-0.25, -0.2) is 9.78 Å². The molecule has 0 bridgehead atoms. The molecule has 7 heteroatoms. The van der Waals surface area contributed by atoms with E-state index >= 15 is 0 Å². The maximum absolute atomic E-state index is 13.4. The average Bonchev–Trinajstić information content (AvgIpc) is 3.18. The Kier molecular flexibility index (Phi) is 4.91. The number of nitrogens with zero attached hydrogens (tertiary/aromatic N) is 5. The quantitative estimate of drug-likeness (QED) is 0.433. The third-order valence-electron chi connectivity index (χ3n) is 5.97. The fraction of sp³-hybridized carbons (Fsp3) is 0.409. The first-order valence-electron chi connectivity index (χ1n) is 10.3. The minimum absolute atomic E-state index is 0.0559. The van der Waals surface area contributed by atoms with E-state index in [4.69, 9.17) is 4.98 Å². The summed E-state index contributed by atoms with van der Waals surface area (Å²) in [5.74, 6) is 2.04. The van der Waals surface area contributed by atoms with Crippen LogP contribution < -0.4 is 5.69 Å². The molecule has 0 spiro atoms. The lowest BCUT2D eigenvalue weighted by Crippen LogP contribution is -2.31. The van der Waals surface area contributed by atoms with Crippen molar-refractivity contribution in [3.63, 3.8) is 0 Å². The first kappa shape index (κ1) is 18.5. The highest BCUT2D eigenvalue weighted by Crippen LogP contribution is 2.33. The highest BCUT2D eigenvalue weighted by Gasteiger charge is 2.26. The van der Waals surface area contributed by atoms with Gasteiger partial charge in [0, 0.05) is 18.8 Å². The third kappa shape index (κ3) is 3.17. The van der Waals surface area contributed by atoms with Crippen molar-refractivity contribution in [3.8, 4) is 0 Å². The van der Waals surface area contributed by atoms with Crippen molar-refractivity contribution in [1.82, 2.24) is 23.7 Å². The zero-order valence-electron chi connectivity index (χ0n) is 16.6. The van der Waals surface area contributed by atoms with Crippen LogP contribution >= 0.6 is 11.8 Å². The van der Waals surface area contributed by atoms with E-state index in [2.05, 4.69) is 27.9 Å². The Bertz CT molecular complexity index is 1220. The molecule has 3 aromatic heterocycles. The Hall–Kier alpha value is -2.54. The number of thioether (sulfide) groups is 1. The van der Waals surface area contributed by atoms with Crippen molar-refractivity contribution in [1.29, 1.82) is 0 Å². The molecule has 150 valence electrons. The van der Waals surface area contributed by atoms with Crippen LogP contribution in [0.3, 0.4) is 0 Å². The van der Waals surface area contributed by atoms with Crippen molar-refractivity contribution < 1.29 is 0 Å². The molecule has 4 aromatic rings. The number of fused-ring (bicyclic) bond motifs is 2. The van der Waals surface area contributed by atoms with Gasteiger partial charge in [-0.05, 0) is 55.9 Å². The van der Waals surface area contributed by atoms with E-state index in [1.54, 1.807) is 6.20 Å². The number of rotatable bonds is 7. The van der Waals surface area contributed by atoms with Gasteiger partial charge in [-0.15, -0.1) is 0 Å². The molecule has 5 rings (SSSR count). The SMILES string of the molecule is CSCCCn1c(Cn2c(=O)n(C3CCC3)c3ccncc32)nc2ccccc21. The zero-order chi connectivity index (χ0) is 19.8. The van der Waals surface area contributed by atoms with E-state index in [9.17, 15) is 4.79 Å². The number of imidazole rings is 2. The largest absolute Gasteiger partial charge is 0.329 e. The Morgan fingerprint density at radius 3 is 2.76 bits per heavy atom. The van der Waals surface area contributed by atoms with Crippen LogP contribution in [0.1, 0.15) is 37.5 Å². The van der Waals surface area contributed by atoms with Crippen molar-refractivity contribution in [2.45, 2.75) is 44.8 Å². The number of hydrogen-bond acceptors (Lipinski definition) is 4. The van der Waals surface area contributed by atoms with Crippen molar-refractivity contribution >= 4 is 33.8 Å². The molecule has 3 heterocycles. The number of pyridine rings is 1. The van der Waals surface area contributed by atoms with Gasteiger partial charge in [-0.3, -0.25) is 14.1 Å². The average molecular weight is 408 g/mol. The summed E-state index contributed by atoms with van der Waals surface area (Å²) >= 11 is 1.86. The lowest BCUT2D eigenvalue weighted by Gasteiger charge is -2.26. The summed E-state index contributed by atoms with van der Waals surface area (Å²) in [7, 11) is 0. The molecular weight excluding hydrogens is 382 g/mol. The van der Waals surface area contributed by atoms with Gasteiger partial charge in [-0.2, -0.15) is 11.8 Å². The molecule has 0 saturated heterocycles. The predicted molar refractivity (Wildman–Crippen MR) is 119 cm³/mol. The van der Waals surface area contributed by atoms with Crippen molar-refractivity contribution in [3.05, 3.63) is 59.0 Å². The second-order valence-electron chi connectivity index (χ2n) is 7.70. The number of aryl methyl sites for hydroxylation is 1. The van der Waals surface area contributed by atoms with Crippen LogP contribution in [0.15, 0.2) is 47.5 Å². The molecule has 0 amide bonds. The highest BCUT2D eigenvalue weighted by atomic mass is 32.2. The molecule has 0 radical (unpaired) electrons. The third-order valence-corrected chi connectivity index (χ3v) is 6.67. The Morgan fingerprint density at radius 1 is 1.10 bits per heavy atom. The van der Waals surface area contributed by atoms with Gasteiger partial charge in [-0.1, -0.05) is 12.1 Å². The van der Waals surface area contributed by atoms with Crippen LogP contribution in [0.5, 0.6) is 0 Å². The summed E-state index contributed by atoms with van der Waals surface area (Å²) in [6, 6.07) is 10.5. The van der Waals surface area contributed by atoms with Crippen molar-refractivity contribution in [2.24, 2.45) is 0 Å². The van der Waals surface area contributed by atoms with E-state index in [-0.39, 0.29) is 5.69 Å². The van der Waals surface area contributed by atoms with E-state index < -0.39 is 0 Å². The van der Waals surface area contributed by atoms with Crippen LogP contribution in [0.4, 0.5) is 0 Å². The van der Waals surface area contributed by atoms with E-state index in [1.165, 1.54) is 6.42 Å². The maximum atomic E-state index is 13.4. The lowest BCUT2D eigenvalue weighted by molar-refractivity contribution is 0.311. The lowest BCUT2D eigenvalue weighted by atomic mass is 9.93. The van der Waals surface area contributed by atoms with Gasteiger partial charge < -0.3 is 4.57 Å². The summed E-state index contributed by atoms with van der Waals surface area (Å²) < 4.78 is 6.11. The molecule has 0 atom stereocenters. The van der Waals surface area contributed by atoms with Gasteiger partial charge >= 0.3 is 5.69 Å². The van der Waals surface area contributed by atoms with Crippen LogP contribution in [-0.2, 0) is 13.1 Å².